The number of nitrogens with one attached hydrogen (secondary N) is 1. The first-order chi connectivity index (χ1) is 13.2. The molecule has 2 aliphatic rings. The number of benzene rings is 1. The van der Waals surface area contributed by atoms with Gasteiger partial charge in [-0.1, -0.05) is 33.3 Å². The second-order valence-corrected chi connectivity index (χ2v) is 8.41. The first-order valence-corrected chi connectivity index (χ1v) is 10.0. The van der Waals surface area contributed by atoms with Gasteiger partial charge in [0.25, 0.3) is 5.91 Å². The molecule has 1 saturated carbocycles. The van der Waals surface area contributed by atoms with Gasteiger partial charge in [-0.05, 0) is 47.8 Å². The van der Waals surface area contributed by atoms with E-state index in [4.69, 9.17) is 0 Å². The lowest BCUT2D eigenvalue weighted by atomic mass is 9.93. The van der Waals surface area contributed by atoms with Gasteiger partial charge in [0, 0.05) is 31.7 Å². The summed E-state index contributed by atoms with van der Waals surface area (Å²) < 4.78 is 40.8. The number of nitrogens with zero attached hydrogens (tertiary/aromatic N) is 1. The highest BCUT2D eigenvalue weighted by molar-refractivity contribution is 5.94. The number of piperidine rings is 1. The lowest BCUT2D eigenvalue weighted by Gasteiger charge is -2.27. The van der Waals surface area contributed by atoms with Crippen molar-refractivity contribution >= 4 is 5.91 Å². The zero-order valence-electron chi connectivity index (χ0n) is 16.6. The Labute approximate surface area is 164 Å². The Bertz CT molecular complexity index is 680. The molecule has 3 unspecified atom stereocenters. The molecule has 2 fully saturated rings. The van der Waals surface area contributed by atoms with Gasteiger partial charge < -0.3 is 15.0 Å². The monoisotopic (exact) mass is 398 g/mol. The Morgan fingerprint density at radius 1 is 1.29 bits per heavy atom. The number of halogens is 3. The SMILES string of the molecule is CCC(CN1CC2C(CNC(=O)c3cccc(OC(F)(F)F)c3)C2C1)C(C)C. The maximum Gasteiger partial charge on any atom is 0.573 e. The van der Waals surface area contributed by atoms with Gasteiger partial charge >= 0.3 is 6.36 Å². The number of fused-ring (bicyclic) bond motifs is 1. The molecular weight excluding hydrogens is 369 g/mol. The molecule has 4 nitrogen and oxygen atoms in total. The van der Waals surface area contributed by atoms with Gasteiger partial charge in [0.1, 0.15) is 5.75 Å². The Morgan fingerprint density at radius 3 is 2.54 bits per heavy atom. The number of carbonyl (C=O) groups is 1. The van der Waals surface area contributed by atoms with E-state index in [0.29, 0.717) is 30.2 Å². The number of carbonyl (C=O) groups excluding carboxylic acids is 1. The number of amides is 1. The van der Waals surface area contributed by atoms with E-state index in [1.165, 1.54) is 24.6 Å². The summed E-state index contributed by atoms with van der Waals surface area (Å²) in [7, 11) is 0. The fourth-order valence-corrected chi connectivity index (χ4v) is 4.48. The smallest absolute Gasteiger partial charge is 0.406 e. The highest BCUT2D eigenvalue weighted by Crippen LogP contribution is 2.51. The van der Waals surface area contributed by atoms with Crippen LogP contribution in [0.3, 0.4) is 0 Å². The molecule has 1 aliphatic heterocycles. The van der Waals surface area contributed by atoms with Crippen molar-refractivity contribution in [1.82, 2.24) is 10.2 Å². The average molecular weight is 398 g/mol. The molecular formula is C21H29F3N2O2. The van der Waals surface area contributed by atoms with Crippen LogP contribution in [0.2, 0.25) is 0 Å². The summed E-state index contributed by atoms with van der Waals surface area (Å²) in [6.07, 6.45) is -3.57. The third-order valence-corrected chi connectivity index (χ3v) is 6.24. The van der Waals surface area contributed by atoms with Crippen LogP contribution >= 0.6 is 0 Å². The second-order valence-electron chi connectivity index (χ2n) is 8.41. The number of hydrogen-bond donors (Lipinski definition) is 1. The summed E-state index contributed by atoms with van der Waals surface area (Å²) in [5.41, 5.74) is 0.178. The largest absolute Gasteiger partial charge is 0.573 e. The molecule has 7 heteroatoms. The molecule has 1 aromatic carbocycles. The van der Waals surface area contributed by atoms with Gasteiger partial charge in [0.15, 0.2) is 0 Å². The van der Waals surface area contributed by atoms with Crippen LogP contribution in [0.5, 0.6) is 5.75 Å². The van der Waals surface area contributed by atoms with Crippen LogP contribution in [-0.4, -0.2) is 43.3 Å². The molecule has 0 radical (unpaired) electrons. The number of hydrogen-bond acceptors (Lipinski definition) is 3. The summed E-state index contributed by atoms with van der Waals surface area (Å²) in [5, 5.41) is 2.87. The predicted octanol–water partition coefficient (Wildman–Crippen LogP) is 4.18. The van der Waals surface area contributed by atoms with Crippen molar-refractivity contribution < 1.29 is 22.7 Å². The quantitative estimate of drug-likeness (QED) is 0.715. The van der Waals surface area contributed by atoms with E-state index < -0.39 is 6.36 Å². The summed E-state index contributed by atoms with van der Waals surface area (Å²) in [5.74, 6) is 2.41. The predicted molar refractivity (Wildman–Crippen MR) is 101 cm³/mol. The lowest BCUT2D eigenvalue weighted by molar-refractivity contribution is -0.274. The fourth-order valence-electron chi connectivity index (χ4n) is 4.48. The van der Waals surface area contributed by atoms with E-state index in [0.717, 1.165) is 31.6 Å². The van der Waals surface area contributed by atoms with Crippen molar-refractivity contribution in [3.8, 4) is 5.75 Å². The Balaban J connectivity index is 1.44. The standard InChI is InChI=1S/C21H29F3N2O2/c1-4-14(13(2)3)10-26-11-18-17(19(18)12-26)9-25-20(27)15-6-5-7-16(8-15)28-21(22,23)24/h5-8,13-14,17-19H,4,9-12H2,1-3H3,(H,25,27). The van der Waals surface area contributed by atoms with Crippen LogP contribution < -0.4 is 10.1 Å². The topological polar surface area (TPSA) is 41.6 Å². The Hall–Kier alpha value is -1.76. The van der Waals surface area contributed by atoms with Crippen LogP contribution in [0.4, 0.5) is 13.2 Å². The Morgan fingerprint density at radius 2 is 1.96 bits per heavy atom. The third-order valence-electron chi connectivity index (χ3n) is 6.24. The number of likely N-dealkylation sites (tertiary alicyclic amines) is 1. The lowest BCUT2D eigenvalue weighted by Crippen LogP contribution is -2.34. The van der Waals surface area contributed by atoms with Gasteiger partial charge in [-0.15, -0.1) is 13.2 Å². The van der Waals surface area contributed by atoms with Crippen LogP contribution in [0, 0.1) is 29.6 Å². The normalized spacial score (nSPS) is 25.5. The van der Waals surface area contributed by atoms with Crippen molar-refractivity contribution in [2.45, 2.75) is 33.6 Å². The highest BCUT2D eigenvalue weighted by Gasteiger charge is 2.55. The highest BCUT2D eigenvalue weighted by atomic mass is 19.4. The number of alkyl halides is 3. The van der Waals surface area contributed by atoms with E-state index in [9.17, 15) is 18.0 Å². The molecule has 156 valence electrons. The van der Waals surface area contributed by atoms with Gasteiger partial charge in [-0.2, -0.15) is 0 Å². The average Bonchev–Trinajstić information content (AvgIpc) is 3.06. The molecule has 28 heavy (non-hydrogen) atoms. The fraction of sp³-hybridized carbons (Fsp3) is 0.667. The minimum atomic E-state index is -4.77. The van der Waals surface area contributed by atoms with Gasteiger partial charge in [0.2, 0.25) is 0 Å². The second kappa shape index (κ2) is 8.31. The molecule has 1 heterocycles. The van der Waals surface area contributed by atoms with Gasteiger partial charge in [-0.3, -0.25) is 4.79 Å². The molecule has 3 rings (SSSR count). The molecule has 1 N–H and O–H groups in total. The molecule has 3 atom stereocenters. The molecule has 0 bridgehead atoms. The summed E-state index contributed by atoms with van der Waals surface area (Å²) >= 11 is 0. The summed E-state index contributed by atoms with van der Waals surface area (Å²) in [6.45, 7) is 10.7. The van der Waals surface area contributed by atoms with Crippen LogP contribution in [-0.2, 0) is 0 Å². The first-order valence-electron chi connectivity index (χ1n) is 10.0. The maximum absolute atomic E-state index is 12.3. The van der Waals surface area contributed by atoms with Crippen molar-refractivity contribution in [2.24, 2.45) is 29.6 Å². The van der Waals surface area contributed by atoms with E-state index in [1.807, 2.05) is 0 Å². The molecule has 0 aromatic heterocycles. The van der Waals surface area contributed by atoms with E-state index in [2.05, 4.69) is 35.7 Å². The molecule has 1 aliphatic carbocycles. The van der Waals surface area contributed by atoms with Crippen molar-refractivity contribution in [3.63, 3.8) is 0 Å². The first kappa shape index (κ1) is 21.0. The number of rotatable bonds is 8. The van der Waals surface area contributed by atoms with Crippen molar-refractivity contribution in [1.29, 1.82) is 0 Å². The van der Waals surface area contributed by atoms with Crippen molar-refractivity contribution in [3.05, 3.63) is 29.8 Å². The zero-order valence-corrected chi connectivity index (χ0v) is 16.6. The molecule has 1 amide bonds. The molecule has 1 aromatic rings. The van der Waals surface area contributed by atoms with E-state index >= 15 is 0 Å². The van der Waals surface area contributed by atoms with Gasteiger partial charge in [0.05, 0.1) is 0 Å². The van der Waals surface area contributed by atoms with E-state index in [-0.39, 0.29) is 17.2 Å². The molecule has 0 spiro atoms. The van der Waals surface area contributed by atoms with Crippen LogP contribution in [0.25, 0.3) is 0 Å². The zero-order chi connectivity index (χ0) is 20.5. The third kappa shape index (κ3) is 5.19. The summed E-state index contributed by atoms with van der Waals surface area (Å²) in [6, 6.07) is 5.18. The van der Waals surface area contributed by atoms with E-state index in [1.54, 1.807) is 0 Å². The number of ether oxygens (including phenoxy) is 1. The Kier molecular flexibility index (Phi) is 6.22. The minimum absolute atomic E-state index is 0.178. The minimum Gasteiger partial charge on any atom is -0.406 e. The maximum atomic E-state index is 12.3. The summed E-state index contributed by atoms with van der Waals surface area (Å²) in [4.78, 5) is 14.8. The van der Waals surface area contributed by atoms with Gasteiger partial charge in [-0.25, -0.2) is 0 Å². The van der Waals surface area contributed by atoms with Crippen LogP contribution in [0.15, 0.2) is 24.3 Å². The van der Waals surface area contributed by atoms with Crippen LogP contribution in [0.1, 0.15) is 37.6 Å². The molecule has 1 saturated heterocycles. The van der Waals surface area contributed by atoms with Crippen molar-refractivity contribution in [2.75, 3.05) is 26.2 Å².